The van der Waals surface area contributed by atoms with E-state index < -0.39 is 0 Å². The number of rotatable bonds is 5. The minimum Gasteiger partial charge on any atom is -0.302 e. The van der Waals surface area contributed by atoms with E-state index in [0.29, 0.717) is 5.56 Å². The Morgan fingerprint density at radius 3 is 2.94 bits per heavy atom. The van der Waals surface area contributed by atoms with E-state index >= 15 is 0 Å². The summed E-state index contributed by atoms with van der Waals surface area (Å²) in [7, 11) is 2.06. The number of pyridine rings is 1. The molecule has 0 aliphatic heterocycles. The van der Waals surface area contributed by atoms with Gasteiger partial charge >= 0.3 is 0 Å². The molecule has 0 fully saturated rings. The SMILES string of the molecule is CCCN(C)Cc1c[nH]nc1-c1cncc(F)c1. The normalized spacial score (nSPS) is 11.1. The van der Waals surface area contributed by atoms with Crippen molar-refractivity contribution in [2.75, 3.05) is 13.6 Å². The fourth-order valence-electron chi connectivity index (χ4n) is 1.98. The van der Waals surface area contributed by atoms with Crippen LogP contribution in [0.4, 0.5) is 4.39 Å². The molecule has 96 valence electrons. The molecule has 1 N–H and O–H groups in total. The first-order valence-electron chi connectivity index (χ1n) is 6.02. The van der Waals surface area contributed by atoms with Crippen LogP contribution in [0.2, 0.25) is 0 Å². The molecule has 0 saturated heterocycles. The number of aromatic nitrogens is 3. The lowest BCUT2D eigenvalue weighted by Crippen LogP contribution is -2.18. The van der Waals surface area contributed by atoms with Crippen LogP contribution in [0, 0.1) is 5.82 Å². The third-order valence-corrected chi connectivity index (χ3v) is 2.74. The van der Waals surface area contributed by atoms with Gasteiger partial charge in [-0.15, -0.1) is 0 Å². The van der Waals surface area contributed by atoms with Crippen LogP contribution in [0.15, 0.2) is 24.7 Å². The molecule has 5 heteroatoms. The molecule has 2 aromatic heterocycles. The minimum atomic E-state index is -0.344. The Morgan fingerprint density at radius 2 is 2.22 bits per heavy atom. The van der Waals surface area contributed by atoms with E-state index in [1.807, 2.05) is 6.20 Å². The van der Waals surface area contributed by atoms with Gasteiger partial charge < -0.3 is 4.90 Å². The highest BCUT2D eigenvalue weighted by molar-refractivity contribution is 5.61. The number of nitrogens with zero attached hydrogens (tertiary/aromatic N) is 3. The number of aromatic amines is 1. The topological polar surface area (TPSA) is 44.8 Å². The summed E-state index contributed by atoms with van der Waals surface area (Å²) in [4.78, 5) is 6.06. The maximum absolute atomic E-state index is 13.2. The quantitative estimate of drug-likeness (QED) is 0.884. The molecule has 0 aliphatic rings. The summed E-state index contributed by atoms with van der Waals surface area (Å²) >= 11 is 0. The third-order valence-electron chi connectivity index (χ3n) is 2.74. The zero-order valence-electron chi connectivity index (χ0n) is 10.7. The molecule has 0 unspecified atom stereocenters. The molecule has 0 spiro atoms. The molecule has 0 radical (unpaired) electrons. The van der Waals surface area contributed by atoms with Crippen molar-refractivity contribution in [3.8, 4) is 11.3 Å². The summed E-state index contributed by atoms with van der Waals surface area (Å²) in [6, 6.07) is 1.45. The summed E-state index contributed by atoms with van der Waals surface area (Å²) in [6.07, 6.45) is 5.78. The highest BCUT2D eigenvalue weighted by Crippen LogP contribution is 2.21. The monoisotopic (exact) mass is 248 g/mol. The van der Waals surface area contributed by atoms with Crippen LogP contribution in [-0.2, 0) is 6.54 Å². The molecule has 0 aliphatic carbocycles. The predicted octanol–water partition coefficient (Wildman–Crippen LogP) is 2.45. The zero-order chi connectivity index (χ0) is 13.0. The molecule has 0 saturated carbocycles. The molecule has 18 heavy (non-hydrogen) atoms. The van der Waals surface area contributed by atoms with E-state index in [0.717, 1.165) is 30.8 Å². The second kappa shape index (κ2) is 5.73. The Balaban J connectivity index is 2.22. The number of H-pyrrole nitrogens is 1. The van der Waals surface area contributed by atoms with Crippen molar-refractivity contribution < 1.29 is 4.39 Å². The summed E-state index contributed by atoms with van der Waals surface area (Å²) < 4.78 is 13.2. The van der Waals surface area contributed by atoms with E-state index in [9.17, 15) is 4.39 Å². The van der Waals surface area contributed by atoms with Gasteiger partial charge in [-0.1, -0.05) is 6.92 Å². The van der Waals surface area contributed by atoms with E-state index in [4.69, 9.17) is 0 Å². The Morgan fingerprint density at radius 1 is 1.39 bits per heavy atom. The molecule has 2 rings (SSSR count). The zero-order valence-corrected chi connectivity index (χ0v) is 10.7. The second-order valence-electron chi connectivity index (χ2n) is 4.39. The second-order valence-corrected chi connectivity index (χ2v) is 4.39. The fraction of sp³-hybridized carbons (Fsp3) is 0.385. The minimum absolute atomic E-state index is 0.344. The van der Waals surface area contributed by atoms with Crippen LogP contribution < -0.4 is 0 Å². The van der Waals surface area contributed by atoms with Crippen LogP contribution in [-0.4, -0.2) is 33.7 Å². The maximum atomic E-state index is 13.2. The molecular formula is C13H17FN4. The van der Waals surface area contributed by atoms with Gasteiger partial charge in [0.1, 0.15) is 5.82 Å². The van der Waals surface area contributed by atoms with Gasteiger partial charge in [-0.2, -0.15) is 5.10 Å². The number of halogens is 1. The van der Waals surface area contributed by atoms with Gasteiger partial charge in [0.25, 0.3) is 0 Å². The molecule has 2 heterocycles. The Kier molecular flexibility index (Phi) is 4.04. The highest BCUT2D eigenvalue weighted by atomic mass is 19.1. The van der Waals surface area contributed by atoms with Gasteiger partial charge in [0.2, 0.25) is 0 Å². The van der Waals surface area contributed by atoms with Gasteiger partial charge in [0, 0.05) is 30.1 Å². The Labute approximate surface area is 106 Å². The van der Waals surface area contributed by atoms with Crippen LogP contribution in [0.1, 0.15) is 18.9 Å². The lowest BCUT2D eigenvalue weighted by Gasteiger charge is -2.14. The molecular weight excluding hydrogens is 231 g/mol. The van der Waals surface area contributed by atoms with Crippen molar-refractivity contribution in [1.29, 1.82) is 0 Å². The van der Waals surface area contributed by atoms with Gasteiger partial charge in [0.15, 0.2) is 0 Å². The third kappa shape index (κ3) is 2.92. The average Bonchev–Trinajstić information content (AvgIpc) is 2.77. The highest BCUT2D eigenvalue weighted by Gasteiger charge is 2.11. The molecule has 0 amide bonds. The van der Waals surface area contributed by atoms with Crippen molar-refractivity contribution in [1.82, 2.24) is 20.1 Å². The van der Waals surface area contributed by atoms with Crippen molar-refractivity contribution in [3.05, 3.63) is 36.0 Å². The Bertz CT molecular complexity index is 509. The van der Waals surface area contributed by atoms with Crippen LogP contribution in [0.3, 0.4) is 0 Å². The molecule has 2 aromatic rings. The smallest absolute Gasteiger partial charge is 0.142 e. The number of hydrogen-bond donors (Lipinski definition) is 1. The van der Waals surface area contributed by atoms with E-state index in [2.05, 4.69) is 34.1 Å². The molecule has 0 aromatic carbocycles. The first-order chi connectivity index (χ1) is 8.70. The van der Waals surface area contributed by atoms with Crippen LogP contribution in [0.25, 0.3) is 11.3 Å². The maximum Gasteiger partial charge on any atom is 0.142 e. The molecule has 0 bridgehead atoms. The summed E-state index contributed by atoms with van der Waals surface area (Å²) in [5.74, 6) is -0.344. The van der Waals surface area contributed by atoms with E-state index in [-0.39, 0.29) is 5.82 Å². The van der Waals surface area contributed by atoms with Crippen molar-refractivity contribution in [2.24, 2.45) is 0 Å². The average molecular weight is 248 g/mol. The molecule has 0 atom stereocenters. The largest absolute Gasteiger partial charge is 0.302 e. The predicted molar refractivity (Wildman–Crippen MR) is 68.4 cm³/mol. The van der Waals surface area contributed by atoms with Gasteiger partial charge in [-0.3, -0.25) is 10.1 Å². The van der Waals surface area contributed by atoms with Gasteiger partial charge in [0.05, 0.1) is 11.9 Å². The number of hydrogen-bond acceptors (Lipinski definition) is 3. The Hall–Kier alpha value is -1.75. The lowest BCUT2D eigenvalue weighted by molar-refractivity contribution is 0.328. The summed E-state index contributed by atoms with van der Waals surface area (Å²) in [5, 5.41) is 7.02. The summed E-state index contributed by atoms with van der Waals surface area (Å²) in [5.41, 5.74) is 2.53. The van der Waals surface area contributed by atoms with Gasteiger partial charge in [-0.05, 0) is 26.1 Å². The van der Waals surface area contributed by atoms with E-state index in [1.54, 1.807) is 6.20 Å². The lowest BCUT2D eigenvalue weighted by atomic mass is 10.1. The van der Waals surface area contributed by atoms with Crippen molar-refractivity contribution in [2.45, 2.75) is 19.9 Å². The first-order valence-corrected chi connectivity index (χ1v) is 6.02. The fourth-order valence-corrected chi connectivity index (χ4v) is 1.98. The van der Waals surface area contributed by atoms with E-state index in [1.165, 1.54) is 12.3 Å². The first kappa shape index (κ1) is 12.7. The van der Waals surface area contributed by atoms with Crippen molar-refractivity contribution >= 4 is 0 Å². The van der Waals surface area contributed by atoms with Crippen LogP contribution in [0.5, 0.6) is 0 Å². The number of nitrogens with one attached hydrogen (secondary N) is 1. The van der Waals surface area contributed by atoms with Gasteiger partial charge in [-0.25, -0.2) is 4.39 Å². The van der Waals surface area contributed by atoms with Crippen molar-refractivity contribution in [3.63, 3.8) is 0 Å². The standard InChI is InChI=1S/C13H17FN4/c1-3-4-18(2)9-11-7-16-17-13(11)10-5-12(14)8-15-6-10/h5-8H,3-4,9H2,1-2H3,(H,16,17). The molecule has 4 nitrogen and oxygen atoms in total. The van der Waals surface area contributed by atoms with Crippen LogP contribution >= 0.6 is 0 Å². The summed E-state index contributed by atoms with van der Waals surface area (Å²) in [6.45, 7) is 3.95.